The van der Waals surface area contributed by atoms with E-state index in [9.17, 15) is 9.59 Å². The second kappa shape index (κ2) is 9.59. The fraction of sp³-hybridized carbons (Fsp3) is 0.538. The van der Waals surface area contributed by atoms with Gasteiger partial charge in [-0.15, -0.1) is 0 Å². The quantitative estimate of drug-likeness (QED) is 0.691. The molecule has 2 amide bonds. The third-order valence-electron chi connectivity index (χ3n) is 6.59. The molecule has 1 aromatic carbocycles. The molecule has 4 rings (SSSR count). The standard InChI is InChI=1S/C26H36N4O3/c1-5-11-28-12-14-29(15-13-28)25(32)30-17-20(24(31)33-16-6-2)23-22(26(3,4)18-30)19-9-7-8-10-21(19)27-23/h7-10,17,27H,5-6,11-16,18H2,1-4H3. The number of aromatic amines is 1. The summed E-state index contributed by atoms with van der Waals surface area (Å²) < 4.78 is 5.54. The van der Waals surface area contributed by atoms with Gasteiger partial charge in [-0.2, -0.15) is 0 Å². The van der Waals surface area contributed by atoms with Crippen molar-refractivity contribution in [3.8, 4) is 0 Å². The number of nitrogens with zero attached hydrogens (tertiary/aromatic N) is 3. The summed E-state index contributed by atoms with van der Waals surface area (Å²) in [6.45, 7) is 13.5. The number of piperazine rings is 1. The molecule has 1 aromatic heterocycles. The largest absolute Gasteiger partial charge is 0.462 e. The monoisotopic (exact) mass is 452 g/mol. The van der Waals surface area contributed by atoms with Gasteiger partial charge in [0.05, 0.1) is 17.9 Å². The van der Waals surface area contributed by atoms with Crippen LogP contribution in [0.3, 0.4) is 0 Å². The topological polar surface area (TPSA) is 68.9 Å². The molecule has 0 radical (unpaired) electrons. The molecule has 2 aromatic rings. The second-order valence-corrected chi connectivity index (χ2v) is 9.72. The van der Waals surface area contributed by atoms with Gasteiger partial charge in [0.2, 0.25) is 0 Å². The number of H-pyrrole nitrogens is 1. The van der Waals surface area contributed by atoms with E-state index in [0.717, 1.165) is 54.6 Å². The SMILES string of the molecule is CCCOC(=O)C1=CN(C(=O)N2CCN(CCC)CC2)CC(C)(C)c2c1[nH]c1ccccc21. The average molecular weight is 453 g/mol. The van der Waals surface area contributed by atoms with Crippen LogP contribution in [0, 0.1) is 0 Å². The Labute approximate surface area is 196 Å². The van der Waals surface area contributed by atoms with Crippen molar-refractivity contribution in [2.75, 3.05) is 45.9 Å². The number of fused-ring (bicyclic) bond motifs is 3. The molecule has 3 heterocycles. The van der Waals surface area contributed by atoms with Crippen LogP contribution in [0.4, 0.5) is 4.79 Å². The third-order valence-corrected chi connectivity index (χ3v) is 6.59. The van der Waals surface area contributed by atoms with E-state index in [0.29, 0.717) is 31.8 Å². The van der Waals surface area contributed by atoms with Crippen molar-refractivity contribution in [3.63, 3.8) is 0 Å². The number of amides is 2. The number of rotatable bonds is 5. The Morgan fingerprint density at radius 3 is 2.48 bits per heavy atom. The Balaban J connectivity index is 1.71. The molecule has 2 aliphatic rings. The van der Waals surface area contributed by atoms with Gasteiger partial charge in [0.15, 0.2) is 0 Å². The molecule has 0 spiro atoms. The summed E-state index contributed by atoms with van der Waals surface area (Å²) >= 11 is 0. The van der Waals surface area contributed by atoms with E-state index in [1.54, 1.807) is 11.1 Å². The lowest BCUT2D eigenvalue weighted by Gasteiger charge is -2.38. The van der Waals surface area contributed by atoms with Crippen molar-refractivity contribution < 1.29 is 14.3 Å². The van der Waals surface area contributed by atoms with Crippen LogP contribution in [-0.4, -0.2) is 77.6 Å². The maximum Gasteiger partial charge on any atom is 0.341 e. The molecule has 1 N–H and O–H groups in total. The molecule has 1 saturated heterocycles. The number of urea groups is 1. The minimum atomic E-state index is -0.395. The van der Waals surface area contributed by atoms with Crippen molar-refractivity contribution in [3.05, 3.63) is 41.7 Å². The van der Waals surface area contributed by atoms with Crippen LogP contribution >= 0.6 is 0 Å². The molecule has 0 aliphatic carbocycles. The highest BCUT2D eigenvalue weighted by Gasteiger charge is 2.38. The lowest BCUT2D eigenvalue weighted by molar-refractivity contribution is -0.136. The molecule has 33 heavy (non-hydrogen) atoms. The second-order valence-electron chi connectivity index (χ2n) is 9.72. The van der Waals surface area contributed by atoms with Crippen LogP contribution in [0.25, 0.3) is 16.5 Å². The summed E-state index contributed by atoms with van der Waals surface area (Å²) in [5, 5.41) is 1.08. The Hall–Kier alpha value is -2.80. The number of hydrogen-bond acceptors (Lipinski definition) is 4. The van der Waals surface area contributed by atoms with Gasteiger partial charge in [0.25, 0.3) is 0 Å². The maximum absolute atomic E-state index is 13.6. The highest BCUT2D eigenvalue weighted by molar-refractivity contribution is 6.18. The molecule has 0 atom stereocenters. The smallest absolute Gasteiger partial charge is 0.341 e. The van der Waals surface area contributed by atoms with Crippen LogP contribution in [0.15, 0.2) is 30.5 Å². The molecule has 0 bridgehead atoms. The predicted molar refractivity (Wildman–Crippen MR) is 131 cm³/mol. The first kappa shape index (κ1) is 23.4. The molecule has 0 unspecified atom stereocenters. The Morgan fingerprint density at radius 1 is 1.06 bits per heavy atom. The summed E-state index contributed by atoms with van der Waals surface area (Å²) in [4.78, 5) is 36.2. The normalized spacial score (nSPS) is 18.6. The molecule has 0 saturated carbocycles. The predicted octanol–water partition coefficient (Wildman–Crippen LogP) is 4.20. The molecular weight excluding hydrogens is 416 g/mol. The number of nitrogens with one attached hydrogen (secondary N) is 1. The maximum atomic E-state index is 13.6. The minimum Gasteiger partial charge on any atom is -0.462 e. The van der Waals surface area contributed by atoms with Gasteiger partial charge >= 0.3 is 12.0 Å². The number of aromatic nitrogens is 1. The number of carbonyl (C=O) groups is 2. The fourth-order valence-corrected chi connectivity index (χ4v) is 5.03. The van der Waals surface area contributed by atoms with E-state index >= 15 is 0 Å². The van der Waals surface area contributed by atoms with Gasteiger partial charge in [-0.05, 0) is 31.0 Å². The average Bonchev–Trinajstić information content (AvgIpc) is 3.15. The van der Waals surface area contributed by atoms with Crippen molar-refractivity contribution in [2.45, 2.75) is 46.0 Å². The van der Waals surface area contributed by atoms with Crippen LogP contribution in [-0.2, 0) is 14.9 Å². The number of benzene rings is 1. The summed E-state index contributed by atoms with van der Waals surface area (Å²) in [5.41, 5.74) is 2.85. The Morgan fingerprint density at radius 2 is 1.79 bits per heavy atom. The highest BCUT2D eigenvalue weighted by atomic mass is 16.5. The van der Waals surface area contributed by atoms with Crippen LogP contribution < -0.4 is 0 Å². The Kier molecular flexibility index (Phi) is 6.79. The molecule has 178 valence electrons. The molecule has 7 nitrogen and oxygen atoms in total. The lowest BCUT2D eigenvalue weighted by Crippen LogP contribution is -2.53. The zero-order chi connectivity index (χ0) is 23.6. The van der Waals surface area contributed by atoms with Crippen LogP contribution in [0.1, 0.15) is 51.8 Å². The van der Waals surface area contributed by atoms with E-state index in [2.05, 4.69) is 36.7 Å². The fourth-order valence-electron chi connectivity index (χ4n) is 5.03. The first-order valence-corrected chi connectivity index (χ1v) is 12.1. The van der Waals surface area contributed by atoms with Gasteiger partial charge in [-0.3, -0.25) is 9.80 Å². The van der Waals surface area contributed by atoms with Crippen LogP contribution in [0.2, 0.25) is 0 Å². The van der Waals surface area contributed by atoms with E-state index < -0.39 is 5.97 Å². The highest BCUT2D eigenvalue weighted by Crippen LogP contribution is 2.40. The van der Waals surface area contributed by atoms with E-state index in [1.165, 1.54) is 0 Å². The van der Waals surface area contributed by atoms with Crippen LogP contribution in [0.5, 0.6) is 0 Å². The zero-order valence-corrected chi connectivity index (χ0v) is 20.3. The minimum absolute atomic E-state index is 0.0468. The van der Waals surface area contributed by atoms with Gasteiger partial charge in [0, 0.05) is 55.2 Å². The van der Waals surface area contributed by atoms with Gasteiger partial charge < -0.3 is 14.6 Å². The number of carbonyl (C=O) groups excluding carboxylic acids is 2. The van der Waals surface area contributed by atoms with Gasteiger partial charge in [-0.25, -0.2) is 9.59 Å². The first-order chi connectivity index (χ1) is 15.9. The van der Waals surface area contributed by atoms with Crippen molar-refractivity contribution in [2.24, 2.45) is 0 Å². The summed E-state index contributed by atoms with van der Waals surface area (Å²) in [6, 6.07) is 8.04. The number of hydrogen-bond donors (Lipinski definition) is 1. The van der Waals surface area contributed by atoms with E-state index in [4.69, 9.17) is 4.74 Å². The van der Waals surface area contributed by atoms with E-state index in [-0.39, 0.29) is 11.4 Å². The summed E-state index contributed by atoms with van der Waals surface area (Å²) in [6.07, 6.45) is 3.57. The zero-order valence-electron chi connectivity index (χ0n) is 20.3. The lowest BCUT2D eigenvalue weighted by atomic mass is 9.82. The number of para-hydroxylation sites is 1. The summed E-state index contributed by atoms with van der Waals surface area (Å²) in [7, 11) is 0. The third kappa shape index (κ3) is 4.64. The van der Waals surface area contributed by atoms with Crippen molar-refractivity contribution in [1.29, 1.82) is 0 Å². The van der Waals surface area contributed by atoms with Crippen molar-refractivity contribution >= 4 is 28.5 Å². The number of ether oxygens (including phenoxy) is 1. The van der Waals surface area contributed by atoms with Gasteiger partial charge in [-0.1, -0.05) is 45.9 Å². The number of esters is 1. The molecular formula is C26H36N4O3. The molecule has 1 fully saturated rings. The molecule has 2 aliphatic heterocycles. The van der Waals surface area contributed by atoms with Crippen molar-refractivity contribution in [1.82, 2.24) is 19.7 Å². The first-order valence-electron chi connectivity index (χ1n) is 12.1. The van der Waals surface area contributed by atoms with E-state index in [1.807, 2.05) is 30.0 Å². The summed E-state index contributed by atoms with van der Waals surface area (Å²) in [5.74, 6) is -0.395. The van der Waals surface area contributed by atoms with Gasteiger partial charge in [0.1, 0.15) is 0 Å². The Bertz CT molecular complexity index is 1050. The molecule has 7 heteroatoms.